The number of hydrogen-bond acceptors (Lipinski definition) is 4. The van der Waals surface area contributed by atoms with Gasteiger partial charge in [-0.15, -0.1) is 0 Å². The molecule has 18 heavy (non-hydrogen) atoms. The number of aryl methyl sites for hydroxylation is 1. The van der Waals surface area contributed by atoms with Crippen molar-refractivity contribution in [3.8, 4) is 0 Å². The normalized spacial score (nSPS) is 19.0. The van der Waals surface area contributed by atoms with Crippen LogP contribution in [-0.2, 0) is 0 Å². The van der Waals surface area contributed by atoms with Crippen LogP contribution < -0.4 is 4.90 Å². The number of hydrogen-bond donors (Lipinski definition) is 1. The monoisotopic (exact) mass is 249 g/mol. The Morgan fingerprint density at radius 3 is 2.50 bits per heavy atom. The molecule has 1 aliphatic heterocycles. The van der Waals surface area contributed by atoms with Gasteiger partial charge in [-0.3, -0.25) is 0 Å². The van der Waals surface area contributed by atoms with Gasteiger partial charge < -0.3 is 14.9 Å². The minimum atomic E-state index is -0.390. The third-order valence-corrected chi connectivity index (χ3v) is 3.68. The van der Waals surface area contributed by atoms with E-state index >= 15 is 0 Å². The number of nitrogens with zero attached hydrogens (tertiary/aromatic N) is 3. The van der Waals surface area contributed by atoms with E-state index in [1.165, 1.54) is 0 Å². The van der Waals surface area contributed by atoms with Crippen molar-refractivity contribution in [2.45, 2.75) is 26.4 Å². The maximum atomic E-state index is 9.89. The van der Waals surface area contributed by atoms with Gasteiger partial charge in [0.05, 0.1) is 6.10 Å². The fourth-order valence-electron chi connectivity index (χ4n) is 2.34. The van der Waals surface area contributed by atoms with E-state index in [-0.39, 0.29) is 6.10 Å². The number of anilines is 1. The van der Waals surface area contributed by atoms with Crippen LogP contribution in [-0.4, -0.2) is 48.2 Å². The van der Waals surface area contributed by atoms with Crippen LogP contribution in [0.3, 0.4) is 0 Å². The molecule has 1 aliphatic rings. The lowest BCUT2D eigenvalue weighted by Crippen LogP contribution is -2.44. The van der Waals surface area contributed by atoms with Gasteiger partial charge in [0, 0.05) is 37.4 Å². The van der Waals surface area contributed by atoms with Crippen LogP contribution in [0.2, 0.25) is 0 Å². The van der Waals surface area contributed by atoms with E-state index in [0.717, 1.165) is 49.7 Å². The first-order valence-corrected chi connectivity index (χ1v) is 6.71. The van der Waals surface area contributed by atoms with E-state index in [1.807, 2.05) is 26.0 Å². The minimum Gasteiger partial charge on any atom is -0.388 e. The molecule has 0 bridgehead atoms. The van der Waals surface area contributed by atoms with Crippen LogP contribution in [0.1, 0.15) is 30.7 Å². The molecule has 2 heterocycles. The van der Waals surface area contributed by atoms with Gasteiger partial charge in [0.15, 0.2) is 0 Å². The summed E-state index contributed by atoms with van der Waals surface area (Å²) in [6.45, 7) is 8.18. The summed E-state index contributed by atoms with van der Waals surface area (Å²) in [6.07, 6.45) is 0.343. The molecule has 1 N–H and O–H groups in total. The highest BCUT2D eigenvalue weighted by Gasteiger charge is 2.17. The van der Waals surface area contributed by atoms with Crippen LogP contribution in [0.4, 0.5) is 5.82 Å². The Bertz CT molecular complexity index is 400. The summed E-state index contributed by atoms with van der Waals surface area (Å²) < 4.78 is 0. The summed E-state index contributed by atoms with van der Waals surface area (Å²) in [5.74, 6) is 1.03. The molecule has 1 saturated heterocycles. The highest BCUT2D eigenvalue weighted by atomic mass is 16.3. The number of piperazine rings is 1. The lowest BCUT2D eigenvalue weighted by molar-refractivity contribution is 0.172. The predicted molar refractivity (Wildman–Crippen MR) is 73.9 cm³/mol. The Hall–Kier alpha value is -1.13. The fourth-order valence-corrected chi connectivity index (χ4v) is 2.34. The van der Waals surface area contributed by atoms with E-state index in [1.54, 1.807) is 0 Å². The maximum Gasteiger partial charge on any atom is 0.128 e. The molecule has 100 valence electrons. The van der Waals surface area contributed by atoms with E-state index in [2.05, 4.69) is 21.8 Å². The maximum absolute atomic E-state index is 9.89. The fraction of sp³-hybridized carbons (Fsp3) is 0.643. The van der Waals surface area contributed by atoms with Gasteiger partial charge in [-0.2, -0.15) is 0 Å². The summed E-state index contributed by atoms with van der Waals surface area (Å²) in [5.41, 5.74) is 1.90. The first-order chi connectivity index (χ1) is 8.61. The smallest absolute Gasteiger partial charge is 0.128 e. The number of pyridine rings is 1. The number of aromatic nitrogens is 1. The lowest BCUT2D eigenvalue weighted by atomic mass is 10.1. The van der Waals surface area contributed by atoms with Crippen molar-refractivity contribution in [2.75, 3.05) is 38.1 Å². The molecule has 0 aliphatic carbocycles. The predicted octanol–water partition coefficient (Wildman–Crippen LogP) is 1.59. The van der Waals surface area contributed by atoms with Gasteiger partial charge in [-0.25, -0.2) is 4.98 Å². The van der Waals surface area contributed by atoms with Crippen molar-refractivity contribution in [3.05, 3.63) is 23.4 Å². The number of aliphatic hydroxyl groups excluding tert-OH is 1. The van der Waals surface area contributed by atoms with E-state index in [4.69, 9.17) is 0 Å². The average molecular weight is 249 g/mol. The van der Waals surface area contributed by atoms with Gasteiger partial charge >= 0.3 is 0 Å². The van der Waals surface area contributed by atoms with Crippen molar-refractivity contribution < 1.29 is 5.11 Å². The molecule has 0 saturated carbocycles. The van der Waals surface area contributed by atoms with E-state index in [0.29, 0.717) is 0 Å². The van der Waals surface area contributed by atoms with Gasteiger partial charge in [0.25, 0.3) is 0 Å². The largest absolute Gasteiger partial charge is 0.388 e. The second kappa shape index (κ2) is 5.67. The second-order valence-electron chi connectivity index (χ2n) is 5.06. The summed E-state index contributed by atoms with van der Waals surface area (Å²) in [6, 6.07) is 4.05. The third-order valence-electron chi connectivity index (χ3n) is 3.68. The summed E-state index contributed by atoms with van der Waals surface area (Å²) in [5, 5.41) is 9.89. The van der Waals surface area contributed by atoms with Gasteiger partial charge in [0.2, 0.25) is 0 Å². The second-order valence-corrected chi connectivity index (χ2v) is 5.06. The summed E-state index contributed by atoms with van der Waals surface area (Å²) in [7, 11) is 2.15. The first-order valence-electron chi connectivity index (χ1n) is 6.71. The SMILES string of the molecule is CC[C@@H](O)c1ccc(N2CCN(C)CC2)nc1C. The molecular formula is C14H23N3O. The molecule has 0 aromatic carbocycles. The summed E-state index contributed by atoms with van der Waals surface area (Å²) in [4.78, 5) is 9.28. The Morgan fingerprint density at radius 2 is 1.94 bits per heavy atom. The van der Waals surface area contributed by atoms with Crippen LogP contribution in [0.15, 0.2) is 12.1 Å². The van der Waals surface area contributed by atoms with Crippen LogP contribution in [0.25, 0.3) is 0 Å². The van der Waals surface area contributed by atoms with Crippen LogP contribution in [0.5, 0.6) is 0 Å². The Morgan fingerprint density at radius 1 is 1.28 bits per heavy atom. The van der Waals surface area contributed by atoms with Gasteiger partial charge in [-0.05, 0) is 26.5 Å². The molecule has 0 spiro atoms. The zero-order chi connectivity index (χ0) is 13.1. The zero-order valence-corrected chi connectivity index (χ0v) is 11.6. The molecule has 4 heteroatoms. The van der Waals surface area contributed by atoms with E-state index < -0.39 is 0 Å². The Labute approximate surface area is 109 Å². The van der Waals surface area contributed by atoms with Gasteiger partial charge in [0.1, 0.15) is 5.82 Å². The topological polar surface area (TPSA) is 39.6 Å². The number of likely N-dealkylation sites (N-methyl/N-ethyl adjacent to an activating group) is 1. The molecule has 0 unspecified atom stereocenters. The molecule has 0 amide bonds. The molecule has 1 aromatic heterocycles. The Kier molecular flexibility index (Phi) is 4.19. The molecule has 4 nitrogen and oxygen atoms in total. The zero-order valence-electron chi connectivity index (χ0n) is 11.6. The molecule has 1 aromatic rings. The molecule has 0 radical (unpaired) electrons. The van der Waals surface area contributed by atoms with Crippen LogP contribution in [0, 0.1) is 6.92 Å². The quantitative estimate of drug-likeness (QED) is 0.883. The third kappa shape index (κ3) is 2.82. The highest BCUT2D eigenvalue weighted by molar-refractivity contribution is 5.42. The molecular weight excluding hydrogens is 226 g/mol. The first kappa shape index (κ1) is 13.3. The lowest BCUT2D eigenvalue weighted by Gasteiger charge is -2.33. The Balaban J connectivity index is 2.13. The average Bonchev–Trinajstić information content (AvgIpc) is 2.38. The van der Waals surface area contributed by atoms with E-state index in [9.17, 15) is 5.11 Å². The van der Waals surface area contributed by atoms with Crippen molar-refractivity contribution in [1.82, 2.24) is 9.88 Å². The van der Waals surface area contributed by atoms with Crippen molar-refractivity contribution in [3.63, 3.8) is 0 Å². The minimum absolute atomic E-state index is 0.390. The summed E-state index contributed by atoms with van der Waals surface area (Å²) >= 11 is 0. The number of rotatable bonds is 3. The molecule has 2 rings (SSSR count). The highest BCUT2D eigenvalue weighted by Crippen LogP contribution is 2.22. The molecule has 1 atom stereocenters. The number of aliphatic hydroxyl groups is 1. The van der Waals surface area contributed by atoms with Crippen molar-refractivity contribution >= 4 is 5.82 Å². The standard InChI is InChI=1S/C14H23N3O/c1-4-13(18)12-5-6-14(15-11(12)2)17-9-7-16(3)8-10-17/h5-6,13,18H,4,7-10H2,1-3H3/t13-/m1/s1. The van der Waals surface area contributed by atoms with Crippen molar-refractivity contribution in [1.29, 1.82) is 0 Å². The van der Waals surface area contributed by atoms with Gasteiger partial charge in [-0.1, -0.05) is 13.0 Å². The molecule has 1 fully saturated rings. The van der Waals surface area contributed by atoms with Crippen LogP contribution >= 0.6 is 0 Å². The van der Waals surface area contributed by atoms with Crippen molar-refractivity contribution in [2.24, 2.45) is 0 Å².